The van der Waals surface area contributed by atoms with Crippen LogP contribution in [-0.2, 0) is 0 Å². The molecule has 0 unspecified atom stereocenters. The zero-order chi connectivity index (χ0) is 17.8. The Hall–Kier alpha value is -2.77. The maximum atomic E-state index is 12.4. The van der Waals surface area contributed by atoms with E-state index in [0.29, 0.717) is 13.1 Å². The zero-order valence-electron chi connectivity index (χ0n) is 14.8. The van der Waals surface area contributed by atoms with E-state index in [1.807, 2.05) is 41.8 Å². The number of carbonyl (C=O) groups excluding carboxylic acids is 1. The van der Waals surface area contributed by atoms with Crippen LogP contribution in [0.4, 0.5) is 16.3 Å². The van der Waals surface area contributed by atoms with Crippen LogP contribution in [0.2, 0.25) is 0 Å². The maximum Gasteiger partial charge on any atom is 0.322 e. The molecule has 8 nitrogen and oxygen atoms in total. The van der Waals surface area contributed by atoms with Gasteiger partial charge >= 0.3 is 6.03 Å². The van der Waals surface area contributed by atoms with Gasteiger partial charge in [0.1, 0.15) is 11.6 Å². The number of nitrogens with zero attached hydrogens (tertiary/aromatic N) is 5. The molecule has 0 bridgehead atoms. The number of piperazine rings is 1. The van der Waals surface area contributed by atoms with Crippen molar-refractivity contribution in [3.8, 4) is 5.75 Å². The van der Waals surface area contributed by atoms with E-state index in [0.717, 1.165) is 30.3 Å². The first kappa shape index (κ1) is 17.1. The lowest BCUT2D eigenvalue weighted by Crippen LogP contribution is -2.50. The number of rotatable bonds is 4. The highest BCUT2D eigenvalue weighted by Gasteiger charge is 2.22. The number of hydrogen-bond acceptors (Lipinski definition) is 5. The van der Waals surface area contributed by atoms with E-state index in [4.69, 9.17) is 4.74 Å². The molecule has 8 heteroatoms. The molecule has 1 aliphatic heterocycles. The number of nitrogens with one attached hydrogen (secondary N) is 1. The average Bonchev–Trinajstić information content (AvgIpc) is 3.11. The summed E-state index contributed by atoms with van der Waals surface area (Å²) >= 11 is 0. The molecule has 0 atom stereocenters. The number of hydrogen-bond donors (Lipinski definition) is 1. The van der Waals surface area contributed by atoms with Gasteiger partial charge in [-0.1, -0.05) is 0 Å². The lowest BCUT2D eigenvalue weighted by molar-refractivity contribution is 0.208. The van der Waals surface area contributed by atoms with Gasteiger partial charge < -0.3 is 19.9 Å². The third kappa shape index (κ3) is 4.01. The van der Waals surface area contributed by atoms with Gasteiger partial charge in [0.25, 0.3) is 0 Å². The van der Waals surface area contributed by atoms with Gasteiger partial charge in [0.15, 0.2) is 0 Å². The van der Waals surface area contributed by atoms with Crippen LogP contribution in [0.15, 0.2) is 30.7 Å². The molecule has 3 rings (SSSR count). The summed E-state index contributed by atoms with van der Waals surface area (Å²) in [6, 6.07) is 4.01. The van der Waals surface area contributed by atoms with Crippen LogP contribution in [0, 0.1) is 0 Å². The van der Waals surface area contributed by atoms with Gasteiger partial charge in [0.2, 0.25) is 0 Å². The van der Waals surface area contributed by atoms with Gasteiger partial charge in [-0.25, -0.2) is 9.78 Å². The minimum absolute atomic E-state index is 0.0920. The van der Waals surface area contributed by atoms with E-state index in [1.165, 1.54) is 0 Å². The first-order chi connectivity index (χ1) is 12.1. The van der Waals surface area contributed by atoms with Gasteiger partial charge in [-0.05, 0) is 26.0 Å². The monoisotopic (exact) mass is 344 g/mol. The van der Waals surface area contributed by atoms with E-state index in [1.54, 1.807) is 19.5 Å². The molecule has 1 N–H and O–H groups in total. The Kier molecular flexibility index (Phi) is 5.06. The van der Waals surface area contributed by atoms with Crippen molar-refractivity contribution in [2.24, 2.45) is 0 Å². The molecule has 1 saturated heterocycles. The topological polar surface area (TPSA) is 75.5 Å². The van der Waals surface area contributed by atoms with Crippen LogP contribution >= 0.6 is 0 Å². The molecule has 2 aromatic heterocycles. The van der Waals surface area contributed by atoms with Crippen molar-refractivity contribution in [2.45, 2.75) is 19.9 Å². The molecule has 2 aromatic rings. The molecule has 134 valence electrons. The fourth-order valence-corrected chi connectivity index (χ4v) is 2.71. The first-order valence-corrected chi connectivity index (χ1v) is 8.42. The lowest BCUT2D eigenvalue weighted by Gasteiger charge is -2.35. The molecule has 0 radical (unpaired) electrons. The average molecular weight is 344 g/mol. The van der Waals surface area contributed by atoms with Crippen LogP contribution in [0.3, 0.4) is 0 Å². The van der Waals surface area contributed by atoms with Crippen LogP contribution in [0.5, 0.6) is 5.75 Å². The summed E-state index contributed by atoms with van der Waals surface area (Å²) in [5.41, 5.74) is 0.720. The van der Waals surface area contributed by atoms with Crippen LogP contribution in [0.1, 0.15) is 19.9 Å². The maximum absolute atomic E-state index is 12.4. The van der Waals surface area contributed by atoms with Crippen LogP contribution in [-0.4, -0.2) is 59.0 Å². The van der Waals surface area contributed by atoms with Crippen molar-refractivity contribution < 1.29 is 9.53 Å². The number of ether oxygens (including phenoxy) is 1. The SMILES string of the molecule is COc1ccc(N2CCN(C(=O)Nc3cnn(C(C)C)c3)CC2)nc1. The van der Waals surface area contributed by atoms with Crippen LogP contribution < -0.4 is 15.0 Å². The Balaban J connectivity index is 1.53. The van der Waals surface area contributed by atoms with Gasteiger partial charge in [-0.15, -0.1) is 0 Å². The van der Waals surface area contributed by atoms with Gasteiger partial charge in [-0.3, -0.25) is 4.68 Å². The zero-order valence-corrected chi connectivity index (χ0v) is 14.8. The second-order valence-electron chi connectivity index (χ2n) is 6.26. The minimum Gasteiger partial charge on any atom is -0.495 e. The second kappa shape index (κ2) is 7.42. The first-order valence-electron chi connectivity index (χ1n) is 8.42. The number of anilines is 2. The van der Waals surface area contributed by atoms with E-state index in [-0.39, 0.29) is 12.1 Å². The van der Waals surface area contributed by atoms with Crippen molar-refractivity contribution in [1.82, 2.24) is 19.7 Å². The smallest absolute Gasteiger partial charge is 0.322 e. The Labute approximate surface area is 147 Å². The molecule has 0 aromatic carbocycles. The standard InChI is InChI=1S/C17H24N6O2/c1-13(2)23-12-14(10-19-23)20-17(24)22-8-6-21(7-9-22)16-5-4-15(25-3)11-18-16/h4-5,10-13H,6-9H2,1-3H3,(H,20,24). The summed E-state index contributed by atoms with van der Waals surface area (Å²) in [5, 5.41) is 7.15. The van der Waals surface area contributed by atoms with Crippen molar-refractivity contribution >= 4 is 17.5 Å². The number of pyridine rings is 1. The van der Waals surface area contributed by atoms with Crippen LogP contribution in [0.25, 0.3) is 0 Å². The third-order valence-corrected chi connectivity index (χ3v) is 4.23. The molecule has 25 heavy (non-hydrogen) atoms. The number of urea groups is 1. The quantitative estimate of drug-likeness (QED) is 0.920. The normalized spacial score (nSPS) is 14.7. The largest absolute Gasteiger partial charge is 0.495 e. The van der Waals surface area contributed by atoms with Crippen molar-refractivity contribution in [1.29, 1.82) is 0 Å². The van der Waals surface area contributed by atoms with Gasteiger partial charge in [-0.2, -0.15) is 5.10 Å². The van der Waals surface area contributed by atoms with Crippen molar-refractivity contribution in [2.75, 3.05) is 43.5 Å². The molecule has 0 aliphatic carbocycles. The number of methoxy groups -OCH3 is 1. The molecule has 3 heterocycles. The van der Waals surface area contributed by atoms with Crippen molar-refractivity contribution in [3.63, 3.8) is 0 Å². The number of amides is 2. The predicted octanol–water partition coefficient (Wildman–Crippen LogP) is 2.22. The van der Waals surface area contributed by atoms with Gasteiger partial charge in [0.05, 0.1) is 25.2 Å². The second-order valence-corrected chi connectivity index (χ2v) is 6.26. The van der Waals surface area contributed by atoms with Crippen molar-refractivity contribution in [3.05, 3.63) is 30.7 Å². The van der Waals surface area contributed by atoms with Gasteiger partial charge in [0, 0.05) is 38.4 Å². The summed E-state index contributed by atoms with van der Waals surface area (Å²) in [5.74, 6) is 1.64. The molecular formula is C17H24N6O2. The Morgan fingerprint density at radius 2 is 1.96 bits per heavy atom. The molecule has 2 amide bonds. The summed E-state index contributed by atoms with van der Waals surface area (Å²) in [7, 11) is 1.62. The predicted molar refractivity (Wildman–Crippen MR) is 96.2 cm³/mol. The fraction of sp³-hybridized carbons (Fsp3) is 0.471. The lowest BCUT2D eigenvalue weighted by atomic mass is 10.3. The Bertz CT molecular complexity index is 704. The molecule has 1 fully saturated rings. The molecule has 1 aliphatic rings. The third-order valence-electron chi connectivity index (χ3n) is 4.23. The van der Waals surface area contributed by atoms with E-state index in [9.17, 15) is 4.79 Å². The minimum atomic E-state index is -0.0920. The van der Waals surface area contributed by atoms with E-state index >= 15 is 0 Å². The highest BCUT2D eigenvalue weighted by molar-refractivity contribution is 5.89. The highest BCUT2D eigenvalue weighted by Crippen LogP contribution is 2.18. The molecule has 0 spiro atoms. The summed E-state index contributed by atoms with van der Waals surface area (Å²) < 4.78 is 6.95. The molecule has 0 saturated carbocycles. The van der Waals surface area contributed by atoms with E-state index < -0.39 is 0 Å². The highest BCUT2D eigenvalue weighted by atomic mass is 16.5. The van der Waals surface area contributed by atoms with E-state index in [2.05, 4.69) is 20.3 Å². The summed E-state index contributed by atoms with van der Waals surface area (Å²) in [6.07, 6.45) is 5.23. The number of aromatic nitrogens is 3. The summed E-state index contributed by atoms with van der Waals surface area (Å²) in [4.78, 5) is 20.8. The Morgan fingerprint density at radius 3 is 2.52 bits per heavy atom. The summed E-state index contributed by atoms with van der Waals surface area (Å²) in [6.45, 7) is 6.89. The fourth-order valence-electron chi connectivity index (χ4n) is 2.71. The Morgan fingerprint density at radius 1 is 1.20 bits per heavy atom. The number of carbonyl (C=O) groups is 1. The molecular weight excluding hydrogens is 320 g/mol.